The van der Waals surface area contributed by atoms with Crippen LogP contribution in [0.1, 0.15) is 11.1 Å². The number of phenols is 1. The third-order valence-electron chi connectivity index (χ3n) is 5.61. The molecule has 2 aliphatic heterocycles. The van der Waals surface area contributed by atoms with E-state index < -0.39 is 0 Å². The van der Waals surface area contributed by atoms with Crippen molar-refractivity contribution in [1.29, 1.82) is 0 Å². The molecule has 0 aliphatic carbocycles. The molecule has 1 fully saturated rings. The van der Waals surface area contributed by atoms with Gasteiger partial charge in [0.05, 0.1) is 21.3 Å². The summed E-state index contributed by atoms with van der Waals surface area (Å²) in [5.41, 5.74) is 1.92. The van der Waals surface area contributed by atoms with Gasteiger partial charge >= 0.3 is 0 Å². The van der Waals surface area contributed by atoms with Gasteiger partial charge in [-0.3, -0.25) is 9.80 Å². The Morgan fingerprint density at radius 1 is 0.800 bits per heavy atom. The lowest BCUT2D eigenvalue weighted by molar-refractivity contribution is 0.120. The molecule has 8 heteroatoms. The lowest BCUT2D eigenvalue weighted by Gasteiger charge is -2.35. The van der Waals surface area contributed by atoms with Crippen molar-refractivity contribution in [3.05, 3.63) is 35.4 Å². The highest BCUT2D eigenvalue weighted by molar-refractivity contribution is 5.55. The molecule has 0 radical (unpaired) electrons. The number of benzene rings is 2. The predicted octanol–water partition coefficient (Wildman–Crippen LogP) is 2.46. The van der Waals surface area contributed by atoms with Crippen molar-refractivity contribution in [2.75, 3.05) is 54.3 Å². The van der Waals surface area contributed by atoms with Crippen LogP contribution in [0.2, 0.25) is 0 Å². The number of methoxy groups -OCH3 is 3. The standard InChI is InChI=1S/C22H28N2O6/c1-26-18-5-4-15(21(27-2)22(18)28-3)12-23-6-8-24(9-7-23)13-16-10-19-20(11-17(16)25)30-14-29-19/h4-5,10-11,25H,6-9,12-14H2,1-3H3. The first-order valence-corrected chi connectivity index (χ1v) is 9.97. The highest BCUT2D eigenvalue weighted by Gasteiger charge is 2.23. The molecular formula is C22H28N2O6. The minimum atomic E-state index is 0.205. The molecule has 0 saturated carbocycles. The van der Waals surface area contributed by atoms with Crippen LogP contribution >= 0.6 is 0 Å². The topological polar surface area (TPSA) is 72.9 Å². The van der Waals surface area contributed by atoms with E-state index in [-0.39, 0.29) is 12.5 Å². The molecule has 162 valence electrons. The average molecular weight is 416 g/mol. The van der Waals surface area contributed by atoms with Crippen molar-refractivity contribution in [3.63, 3.8) is 0 Å². The monoisotopic (exact) mass is 416 g/mol. The first-order valence-electron chi connectivity index (χ1n) is 9.97. The van der Waals surface area contributed by atoms with Gasteiger partial charge in [-0.15, -0.1) is 0 Å². The summed E-state index contributed by atoms with van der Waals surface area (Å²) in [7, 11) is 4.89. The van der Waals surface area contributed by atoms with Gasteiger partial charge in [0.15, 0.2) is 23.0 Å². The first-order chi connectivity index (χ1) is 14.6. The maximum atomic E-state index is 10.3. The van der Waals surface area contributed by atoms with Gasteiger partial charge in [0.2, 0.25) is 12.5 Å². The molecule has 0 bridgehead atoms. The van der Waals surface area contributed by atoms with Gasteiger partial charge in [0, 0.05) is 56.5 Å². The zero-order valence-corrected chi connectivity index (χ0v) is 17.6. The summed E-state index contributed by atoms with van der Waals surface area (Å²) < 4.78 is 27.2. The number of hydrogen-bond acceptors (Lipinski definition) is 8. The summed E-state index contributed by atoms with van der Waals surface area (Å²) in [5, 5.41) is 10.3. The molecule has 0 atom stereocenters. The summed E-state index contributed by atoms with van der Waals surface area (Å²) in [6.07, 6.45) is 0. The van der Waals surface area contributed by atoms with Crippen LogP contribution in [0.15, 0.2) is 24.3 Å². The third kappa shape index (κ3) is 4.06. The van der Waals surface area contributed by atoms with E-state index in [0.29, 0.717) is 35.3 Å². The Hall–Kier alpha value is -2.84. The van der Waals surface area contributed by atoms with Crippen LogP contribution in [0.5, 0.6) is 34.5 Å². The molecule has 4 rings (SSSR count). The molecule has 8 nitrogen and oxygen atoms in total. The Kier molecular flexibility index (Phi) is 6.06. The van der Waals surface area contributed by atoms with Crippen LogP contribution in [-0.4, -0.2) is 69.2 Å². The van der Waals surface area contributed by atoms with Crippen LogP contribution < -0.4 is 23.7 Å². The van der Waals surface area contributed by atoms with Crippen LogP contribution in [0.25, 0.3) is 0 Å². The summed E-state index contributed by atoms with van der Waals surface area (Å²) >= 11 is 0. The van der Waals surface area contributed by atoms with E-state index >= 15 is 0 Å². The van der Waals surface area contributed by atoms with Crippen LogP contribution in [0.4, 0.5) is 0 Å². The minimum Gasteiger partial charge on any atom is -0.507 e. The van der Waals surface area contributed by atoms with Crippen LogP contribution in [-0.2, 0) is 13.1 Å². The Morgan fingerprint density at radius 3 is 2.00 bits per heavy atom. The summed E-state index contributed by atoms with van der Waals surface area (Å²) in [6, 6.07) is 7.45. The van der Waals surface area contributed by atoms with Crippen LogP contribution in [0, 0.1) is 0 Å². The lowest BCUT2D eigenvalue weighted by Crippen LogP contribution is -2.45. The average Bonchev–Trinajstić information content (AvgIpc) is 3.21. The molecular weight excluding hydrogens is 388 g/mol. The van der Waals surface area contributed by atoms with E-state index in [9.17, 15) is 5.11 Å². The number of nitrogens with zero attached hydrogens (tertiary/aromatic N) is 2. The highest BCUT2D eigenvalue weighted by Crippen LogP contribution is 2.40. The molecule has 2 aromatic rings. The zero-order valence-electron chi connectivity index (χ0n) is 17.6. The molecule has 0 aromatic heterocycles. The molecule has 2 aromatic carbocycles. The van der Waals surface area contributed by atoms with E-state index in [0.717, 1.165) is 43.9 Å². The molecule has 2 aliphatic rings. The molecule has 2 heterocycles. The molecule has 1 saturated heterocycles. The van der Waals surface area contributed by atoms with E-state index in [2.05, 4.69) is 9.80 Å². The van der Waals surface area contributed by atoms with E-state index in [1.54, 1.807) is 27.4 Å². The second kappa shape index (κ2) is 8.89. The number of fused-ring (bicyclic) bond motifs is 1. The second-order valence-corrected chi connectivity index (χ2v) is 7.38. The van der Waals surface area contributed by atoms with Crippen molar-refractivity contribution in [1.82, 2.24) is 9.80 Å². The number of hydrogen-bond donors (Lipinski definition) is 1. The Morgan fingerprint density at radius 2 is 1.40 bits per heavy atom. The fourth-order valence-corrected chi connectivity index (χ4v) is 3.98. The van der Waals surface area contributed by atoms with Crippen molar-refractivity contribution in [2.24, 2.45) is 0 Å². The summed E-state index contributed by atoms with van der Waals surface area (Å²) in [5.74, 6) is 3.54. The van der Waals surface area contributed by atoms with Crippen molar-refractivity contribution < 1.29 is 28.8 Å². The number of aromatic hydroxyl groups is 1. The number of piperazine rings is 1. The number of ether oxygens (including phenoxy) is 5. The largest absolute Gasteiger partial charge is 0.507 e. The van der Waals surface area contributed by atoms with Crippen molar-refractivity contribution >= 4 is 0 Å². The first kappa shape index (κ1) is 20.4. The predicted molar refractivity (Wildman–Crippen MR) is 111 cm³/mol. The van der Waals surface area contributed by atoms with Gasteiger partial charge < -0.3 is 28.8 Å². The smallest absolute Gasteiger partial charge is 0.231 e. The van der Waals surface area contributed by atoms with E-state index in [4.69, 9.17) is 23.7 Å². The fraction of sp³-hybridized carbons (Fsp3) is 0.455. The van der Waals surface area contributed by atoms with E-state index in [1.807, 2.05) is 18.2 Å². The van der Waals surface area contributed by atoms with Gasteiger partial charge in [0.1, 0.15) is 5.75 Å². The highest BCUT2D eigenvalue weighted by atomic mass is 16.7. The van der Waals surface area contributed by atoms with Gasteiger partial charge in [0.25, 0.3) is 0 Å². The summed E-state index contributed by atoms with van der Waals surface area (Å²) in [4.78, 5) is 4.72. The molecule has 30 heavy (non-hydrogen) atoms. The van der Waals surface area contributed by atoms with Gasteiger partial charge in [-0.2, -0.15) is 0 Å². The maximum absolute atomic E-state index is 10.3. The summed E-state index contributed by atoms with van der Waals surface area (Å²) in [6.45, 7) is 5.30. The Bertz CT molecular complexity index is 896. The maximum Gasteiger partial charge on any atom is 0.231 e. The quantitative estimate of drug-likeness (QED) is 0.738. The lowest BCUT2D eigenvalue weighted by atomic mass is 10.1. The number of rotatable bonds is 7. The molecule has 0 spiro atoms. The SMILES string of the molecule is COc1ccc(CN2CCN(Cc3cc4c(cc3O)OCO4)CC2)c(OC)c1OC. The fourth-order valence-electron chi connectivity index (χ4n) is 3.98. The normalized spacial score (nSPS) is 16.5. The molecule has 1 N–H and O–H groups in total. The Labute approximate surface area is 176 Å². The minimum absolute atomic E-state index is 0.205. The van der Waals surface area contributed by atoms with E-state index in [1.165, 1.54) is 0 Å². The second-order valence-electron chi connectivity index (χ2n) is 7.38. The molecule has 0 unspecified atom stereocenters. The van der Waals surface area contributed by atoms with Gasteiger partial charge in [-0.25, -0.2) is 0 Å². The third-order valence-corrected chi connectivity index (χ3v) is 5.61. The zero-order chi connectivity index (χ0) is 21.1. The van der Waals surface area contributed by atoms with Crippen molar-refractivity contribution in [3.8, 4) is 34.5 Å². The van der Waals surface area contributed by atoms with Crippen LogP contribution in [0.3, 0.4) is 0 Å². The van der Waals surface area contributed by atoms with Gasteiger partial charge in [-0.1, -0.05) is 6.07 Å². The van der Waals surface area contributed by atoms with Gasteiger partial charge in [-0.05, 0) is 12.1 Å². The molecule has 0 amide bonds. The number of phenolic OH excluding ortho intramolecular Hbond substituents is 1. The van der Waals surface area contributed by atoms with Crippen molar-refractivity contribution in [2.45, 2.75) is 13.1 Å². The Balaban J connectivity index is 1.38.